The van der Waals surface area contributed by atoms with Crippen molar-refractivity contribution in [3.8, 4) is 11.3 Å². The van der Waals surface area contributed by atoms with E-state index in [0.29, 0.717) is 5.13 Å². The molecule has 158 valence electrons. The third-order valence-electron chi connectivity index (χ3n) is 7.19. The van der Waals surface area contributed by atoms with Crippen LogP contribution >= 0.6 is 11.3 Å². The fourth-order valence-electron chi connectivity index (χ4n) is 5.70. The highest BCUT2D eigenvalue weighted by Gasteiger charge is 2.53. The lowest BCUT2D eigenvalue weighted by Gasteiger charge is -2.50. The Labute approximate surface area is 192 Å². The normalized spacial score (nSPS) is 22.8. The van der Waals surface area contributed by atoms with Crippen molar-refractivity contribution in [2.24, 2.45) is 5.41 Å². The molecule has 1 atom stereocenters. The zero-order valence-corrected chi connectivity index (χ0v) is 18.9. The minimum absolute atomic E-state index is 0.0519. The highest BCUT2D eigenvalue weighted by Crippen LogP contribution is 2.61. The van der Waals surface area contributed by atoms with Gasteiger partial charge in [0, 0.05) is 22.8 Å². The van der Waals surface area contributed by atoms with Crippen LogP contribution in [0.1, 0.15) is 53.0 Å². The van der Waals surface area contributed by atoms with Crippen LogP contribution in [-0.2, 0) is 4.79 Å². The van der Waals surface area contributed by atoms with E-state index in [1.165, 1.54) is 39.2 Å². The van der Waals surface area contributed by atoms with Crippen molar-refractivity contribution < 1.29 is 4.79 Å². The van der Waals surface area contributed by atoms with Gasteiger partial charge in [-0.2, -0.15) is 0 Å². The third-order valence-corrected chi connectivity index (χ3v) is 7.95. The van der Waals surface area contributed by atoms with Crippen molar-refractivity contribution in [1.29, 1.82) is 0 Å². The molecule has 0 saturated carbocycles. The van der Waals surface area contributed by atoms with Crippen molar-refractivity contribution >= 4 is 22.4 Å². The van der Waals surface area contributed by atoms with Crippen LogP contribution in [0, 0.1) is 12.3 Å². The zero-order chi connectivity index (χ0) is 21.9. The average Bonchev–Trinajstić information content (AvgIpc) is 3.28. The number of aryl methyl sites for hydroxylation is 1. The molecule has 4 aromatic rings. The second-order valence-corrected chi connectivity index (χ2v) is 10.1. The number of amides is 1. The molecular formula is C28H24N2OS. The Morgan fingerprint density at radius 2 is 1.62 bits per heavy atom. The summed E-state index contributed by atoms with van der Waals surface area (Å²) >= 11 is 1.49. The van der Waals surface area contributed by atoms with E-state index < -0.39 is 5.41 Å². The lowest BCUT2D eigenvalue weighted by Crippen LogP contribution is -2.47. The molecule has 0 radical (unpaired) electrons. The van der Waals surface area contributed by atoms with Gasteiger partial charge in [0.25, 0.3) is 0 Å². The van der Waals surface area contributed by atoms with Gasteiger partial charge in [-0.25, -0.2) is 4.98 Å². The fourth-order valence-corrected chi connectivity index (χ4v) is 6.41. The summed E-state index contributed by atoms with van der Waals surface area (Å²) in [5.41, 5.74) is 7.98. The number of anilines is 1. The summed E-state index contributed by atoms with van der Waals surface area (Å²) in [6.45, 7) is 4.20. The number of nitrogens with zero attached hydrogens (tertiary/aromatic N) is 1. The molecule has 1 N–H and O–H groups in total. The summed E-state index contributed by atoms with van der Waals surface area (Å²) in [4.78, 5) is 18.5. The van der Waals surface area contributed by atoms with Crippen molar-refractivity contribution in [2.45, 2.75) is 32.1 Å². The monoisotopic (exact) mass is 436 g/mol. The average molecular weight is 437 g/mol. The molecular weight excluding hydrogens is 412 g/mol. The Bertz CT molecular complexity index is 1310. The van der Waals surface area contributed by atoms with E-state index in [-0.39, 0.29) is 17.7 Å². The molecule has 1 amide bonds. The maximum atomic E-state index is 13.8. The predicted molar refractivity (Wildman–Crippen MR) is 130 cm³/mol. The molecule has 0 aliphatic heterocycles. The molecule has 4 heteroatoms. The lowest BCUT2D eigenvalue weighted by molar-refractivity contribution is -0.126. The SMILES string of the molecule is Cc1cccc(-c2csc(NC(=O)[C@@]3(C)CC4c5ccccc5C3c3ccccc34)n2)c1. The van der Waals surface area contributed by atoms with Crippen LogP contribution in [0.3, 0.4) is 0 Å². The number of carbonyl (C=O) groups is 1. The van der Waals surface area contributed by atoms with Crippen LogP contribution in [0.2, 0.25) is 0 Å². The Morgan fingerprint density at radius 3 is 2.28 bits per heavy atom. The molecule has 32 heavy (non-hydrogen) atoms. The van der Waals surface area contributed by atoms with E-state index in [2.05, 4.69) is 85.9 Å². The van der Waals surface area contributed by atoms with E-state index in [1.807, 2.05) is 11.4 Å². The highest BCUT2D eigenvalue weighted by molar-refractivity contribution is 7.14. The van der Waals surface area contributed by atoms with Gasteiger partial charge < -0.3 is 5.32 Å². The smallest absolute Gasteiger partial charge is 0.233 e. The van der Waals surface area contributed by atoms with E-state index in [4.69, 9.17) is 4.98 Å². The van der Waals surface area contributed by atoms with Crippen LogP contribution < -0.4 is 5.32 Å². The molecule has 0 spiro atoms. The zero-order valence-electron chi connectivity index (χ0n) is 18.1. The van der Waals surface area contributed by atoms with Gasteiger partial charge in [0.2, 0.25) is 5.91 Å². The predicted octanol–water partition coefficient (Wildman–Crippen LogP) is 6.74. The topological polar surface area (TPSA) is 42.0 Å². The Morgan fingerprint density at radius 1 is 0.969 bits per heavy atom. The van der Waals surface area contributed by atoms with Crippen molar-refractivity contribution in [1.82, 2.24) is 4.98 Å². The largest absolute Gasteiger partial charge is 0.301 e. The Balaban J connectivity index is 1.35. The van der Waals surface area contributed by atoms with Crippen LogP contribution in [0.25, 0.3) is 11.3 Å². The first-order valence-corrected chi connectivity index (χ1v) is 11.9. The summed E-state index contributed by atoms with van der Waals surface area (Å²) in [5, 5.41) is 5.85. The molecule has 7 rings (SSSR count). The number of carbonyl (C=O) groups excluding carboxylic acids is 1. The number of fused-ring (bicyclic) bond motifs is 1. The van der Waals surface area contributed by atoms with E-state index in [9.17, 15) is 4.79 Å². The second-order valence-electron chi connectivity index (χ2n) is 9.23. The number of hydrogen-bond acceptors (Lipinski definition) is 3. The molecule has 3 aliphatic rings. The van der Waals surface area contributed by atoms with Crippen molar-refractivity contribution in [3.05, 3.63) is 106 Å². The van der Waals surface area contributed by atoms with Crippen LogP contribution in [-0.4, -0.2) is 10.9 Å². The number of thiazole rings is 1. The minimum Gasteiger partial charge on any atom is -0.301 e. The first-order chi connectivity index (χ1) is 15.5. The van der Waals surface area contributed by atoms with E-state index in [1.54, 1.807) is 0 Å². The number of benzene rings is 3. The molecule has 1 heterocycles. The lowest BCUT2D eigenvalue weighted by atomic mass is 9.52. The number of hydrogen-bond donors (Lipinski definition) is 1. The molecule has 0 fully saturated rings. The van der Waals surface area contributed by atoms with Crippen molar-refractivity contribution in [2.75, 3.05) is 5.32 Å². The second kappa shape index (κ2) is 7.14. The third kappa shape index (κ3) is 2.86. The summed E-state index contributed by atoms with van der Waals surface area (Å²) in [5.74, 6) is 0.361. The maximum Gasteiger partial charge on any atom is 0.233 e. The van der Waals surface area contributed by atoms with Gasteiger partial charge in [0.15, 0.2) is 5.13 Å². The summed E-state index contributed by atoms with van der Waals surface area (Å²) in [7, 11) is 0. The molecule has 3 aliphatic carbocycles. The highest BCUT2D eigenvalue weighted by atomic mass is 32.1. The standard InChI is InChI=1S/C28H24N2OS/c1-17-8-7-9-18(14-17)24-16-32-27(29-24)30-26(31)28(2)15-23-19-10-3-5-12-21(19)25(28)22-13-6-4-11-20(22)23/h3-14,16,23,25H,15H2,1-2H3,(H,29,30,31)/t23?,25?,28-/m0/s1. The van der Waals surface area contributed by atoms with Gasteiger partial charge in [-0.15, -0.1) is 11.3 Å². The van der Waals surface area contributed by atoms with Gasteiger partial charge >= 0.3 is 0 Å². The number of rotatable bonds is 3. The maximum absolute atomic E-state index is 13.8. The molecule has 3 aromatic carbocycles. The number of aromatic nitrogens is 1. The van der Waals surface area contributed by atoms with E-state index >= 15 is 0 Å². The fraction of sp³-hybridized carbons (Fsp3) is 0.214. The first kappa shape index (κ1) is 19.4. The molecule has 0 saturated heterocycles. The summed E-state index contributed by atoms with van der Waals surface area (Å²) < 4.78 is 0. The van der Waals surface area contributed by atoms with Gasteiger partial charge in [0.05, 0.1) is 11.1 Å². The van der Waals surface area contributed by atoms with Crippen LogP contribution in [0.4, 0.5) is 5.13 Å². The molecule has 2 bridgehead atoms. The van der Waals surface area contributed by atoms with Gasteiger partial charge in [0.1, 0.15) is 0 Å². The first-order valence-electron chi connectivity index (χ1n) is 11.1. The molecule has 3 nitrogen and oxygen atoms in total. The van der Waals surface area contributed by atoms with Crippen LogP contribution in [0.5, 0.6) is 0 Å². The van der Waals surface area contributed by atoms with Gasteiger partial charge in [-0.1, -0.05) is 72.3 Å². The Hall–Kier alpha value is -3.24. The number of nitrogens with one attached hydrogen (secondary N) is 1. The summed E-state index contributed by atoms with van der Waals surface area (Å²) in [6.07, 6.45) is 0.813. The molecule has 0 unspecified atom stereocenters. The summed E-state index contributed by atoms with van der Waals surface area (Å²) in [6, 6.07) is 25.6. The Kier molecular flexibility index (Phi) is 4.34. The van der Waals surface area contributed by atoms with Crippen molar-refractivity contribution in [3.63, 3.8) is 0 Å². The van der Waals surface area contributed by atoms with Crippen LogP contribution in [0.15, 0.2) is 78.2 Å². The van der Waals surface area contributed by atoms with E-state index in [0.717, 1.165) is 17.7 Å². The van der Waals surface area contributed by atoms with Gasteiger partial charge in [-0.05, 0) is 48.6 Å². The minimum atomic E-state index is -0.525. The molecule has 1 aromatic heterocycles. The van der Waals surface area contributed by atoms with Gasteiger partial charge in [-0.3, -0.25) is 4.79 Å². The quantitative estimate of drug-likeness (QED) is 0.386.